The molecular formula is C50H56BBrK2N10O7. The minimum Gasteiger partial charge on any atom is -1.00 e. The van der Waals surface area contributed by atoms with E-state index in [1.165, 1.54) is 12.8 Å². The molecule has 7 heterocycles. The maximum atomic E-state index is 12.6. The number of nitrogens with zero attached hydrogens (tertiary/aromatic N) is 10. The predicted molar refractivity (Wildman–Crippen MR) is 264 cm³/mol. The van der Waals surface area contributed by atoms with Gasteiger partial charge >= 0.3 is 110 Å². The van der Waals surface area contributed by atoms with Crippen molar-refractivity contribution in [1.29, 1.82) is 0 Å². The van der Waals surface area contributed by atoms with Crippen molar-refractivity contribution in [3.05, 3.63) is 111 Å². The number of benzene rings is 2. The number of aromatic nitrogens is 6. The Labute approximate surface area is 510 Å². The molecule has 6 aromatic rings. The Morgan fingerprint density at radius 1 is 0.789 bits per heavy atom. The summed E-state index contributed by atoms with van der Waals surface area (Å²) in [4.78, 5) is 64.1. The van der Waals surface area contributed by atoms with Crippen LogP contribution in [0, 0.1) is 13.1 Å². The molecule has 1 saturated heterocycles. The van der Waals surface area contributed by atoms with Crippen molar-refractivity contribution in [3.8, 4) is 11.3 Å². The molecular weight excluding hydrogens is 1020 g/mol. The Morgan fingerprint density at radius 3 is 1.73 bits per heavy atom. The van der Waals surface area contributed by atoms with Gasteiger partial charge in [0, 0.05) is 42.3 Å². The Kier molecular flexibility index (Phi) is 19.8. The summed E-state index contributed by atoms with van der Waals surface area (Å²) in [5, 5.41) is 12.3. The van der Waals surface area contributed by atoms with Crippen molar-refractivity contribution in [2.75, 3.05) is 14.1 Å². The van der Waals surface area contributed by atoms with Crippen LogP contribution in [0.1, 0.15) is 123 Å². The van der Waals surface area contributed by atoms with Gasteiger partial charge in [-0.1, -0.05) is 57.0 Å². The summed E-state index contributed by atoms with van der Waals surface area (Å²) in [6.07, 6.45) is 8.18. The molecule has 4 aromatic heterocycles. The predicted octanol–water partition coefficient (Wildman–Crippen LogP) is 2.39. The molecule has 0 spiro atoms. The van der Waals surface area contributed by atoms with Crippen molar-refractivity contribution >= 4 is 80.0 Å². The number of likely N-dealkylation sites (N-methyl/N-ethyl adjacent to an activating group) is 2. The van der Waals surface area contributed by atoms with Gasteiger partial charge in [0.25, 0.3) is 18.1 Å². The number of halogens is 1. The zero-order chi connectivity index (χ0) is 48.8. The van der Waals surface area contributed by atoms with Gasteiger partial charge in [-0.05, 0) is 112 Å². The summed E-state index contributed by atoms with van der Waals surface area (Å²) in [5.74, 6) is 4.26. The molecule has 21 heteroatoms. The molecule has 0 bridgehead atoms. The van der Waals surface area contributed by atoms with Crippen LogP contribution < -0.4 is 113 Å². The Morgan fingerprint density at radius 2 is 1.24 bits per heavy atom. The SMILES string of the molecule is C.CC1C(=O)N(C)Cc2c(Br)nc(C3CC3)n21.O=CO[O-].[C-]#[N+]c1cc2cccc(-c3nc(C4CC4)n4c3CN(C)C(=O)C4C)c2cn1.[C-]#[N+]c1cc2cccc(B3OC(C)(C)C(C)(C)O3)c2cn1.[H-].[K+].[K+]. The molecule has 11 rings (SSSR count). The second kappa shape index (κ2) is 24.0. The van der Waals surface area contributed by atoms with Crippen LogP contribution in [-0.2, 0) is 41.7 Å². The van der Waals surface area contributed by atoms with Crippen LogP contribution in [-0.4, -0.2) is 89.6 Å². The van der Waals surface area contributed by atoms with Crippen molar-refractivity contribution in [2.45, 2.75) is 123 Å². The molecule has 360 valence electrons. The van der Waals surface area contributed by atoms with Gasteiger partial charge in [0.1, 0.15) is 40.7 Å². The van der Waals surface area contributed by atoms with E-state index < -0.39 is 7.12 Å². The number of imidazole rings is 2. The smallest absolute Gasteiger partial charge is 1.00 e. The standard InChI is InChI=1S/C21H19N5O.C16H17BN2O2.C11H14BrN3O.CH2O3.CH4.2K.H/c1-12-21(27)25(3)11-17-19(24-20(26(12)17)13-7-8-13)15-6-4-5-14-9-18(22-2)23-10-16(14)15;1-15(2)16(3,4)21-17(20-15)13-8-6-7-11-9-14(18-5)19-10-12(11)13;1-6-11(16)14(2)5-8-9(12)13-10(15(6)8)7-3-4-7;2-1-4-3;;;;/h4-6,9-10,12-13H,7-8,11H2,1,3H3;6-10H,1-4H3;6-7H,3-5H2,1-2H3;1,3H;1H4;;;/q;;;;;2*+1;-1/p-1. The summed E-state index contributed by atoms with van der Waals surface area (Å²) in [6, 6.07) is 15.2. The van der Waals surface area contributed by atoms with Gasteiger partial charge in [-0.15, -0.1) is 9.97 Å². The maximum absolute atomic E-state index is 12.6. The number of pyridine rings is 2. The van der Waals surface area contributed by atoms with E-state index in [1.807, 2.05) is 92.0 Å². The van der Waals surface area contributed by atoms with E-state index >= 15 is 0 Å². The molecule has 3 fully saturated rings. The first-order chi connectivity index (χ1) is 32.4. The number of hydrogen-bond donors (Lipinski definition) is 0. The summed E-state index contributed by atoms with van der Waals surface area (Å²) < 4.78 is 17.4. The van der Waals surface area contributed by atoms with Crippen molar-refractivity contribution < 1.29 is 138 Å². The zero-order valence-electron chi connectivity index (χ0n) is 42.2. The fourth-order valence-corrected chi connectivity index (χ4v) is 9.38. The molecule has 71 heavy (non-hydrogen) atoms. The van der Waals surface area contributed by atoms with Crippen LogP contribution in [0.5, 0.6) is 0 Å². The number of rotatable bonds is 5. The number of hydrogen-bond acceptors (Lipinski definition) is 11. The van der Waals surface area contributed by atoms with Crippen LogP contribution in [0.3, 0.4) is 0 Å². The monoisotopic (exact) mass is 1080 g/mol. The number of carbonyl (C=O) groups excluding carboxylic acids is 3. The fraction of sp³-hybridized carbons (Fsp3) is 0.420. The van der Waals surface area contributed by atoms with E-state index in [0.29, 0.717) is 36.6 Å². The minimum atomic E-state index is -0.417. The Hall–Kier alpha value is -3.23. The number of amides is 2. The van der Waals surface area contributed by atoms with Gasteiger partial charge in [-0.2, -0.15) is 0 Å². The molecule has 17 nitrogen and oxygen atoms in total. The van der Waals surface area contributed by atoms with Gasteiger partial charge < -0.3 is 49.5 Å². The molecule has 3 aliphatic heterocycles. The molecule has 2 unspecified atom stereocenters. The molecule has 2 aliphatic carbocycles. The number of carbonyl (C=O) groups is 3. The number of fused-ring (bicyclic) bond motifs is 4. The van der Waals surface area contributed by atoms with Gasteiger partial charge in [0.15, 0.2) is 0 Å². The van der Waals surface area contributed by atoms with Crippen LogP contribution in [0.15, 0.2) is 65.5 Å². The summed E-state index contributed by atoms with van der Waals surface area (Å²) in [5.41, 5.74) is 4.39. The molecule has 5 aliphatic rings. The third-order valence-electron chi connectivity index (χ3n) is 13.5. The third-order valence-corrected chi connectivity index (χ3v) is 14.1. The summed E-state index contributed by atoms with van der Waals surface area (Å²) in [6.45, 7) is 27.3. The van der Waals surface area contributed by atoms with Gasteiger partial charge in [-0.3, -0.25) is 14.4 Å². The molecule has 2 saturated carbocycles. The summed E-state index contributed by atoms with van der Waals surface area (Å²) >= 11 is 3.50. The van der Waals surface area contributed by atoms with Crippen LogP contribution in [0.2, 0.25) is 0 Å². The van der Waals surface area contributed by atoms with Crippen LogP contribution in [0.4, 0.5) is 11.6 Å². The van der Waals surface area contributed by atoms with E-state index in [-0.39, 0.29) is 153 Å². The molecule has 2 aromatic carbocycles. The minimum absolute atomic E-state index is 0. The van der Waals surface area contributed by atoms with E-state index in [4.69, 9.17) is 37.5 Å². The van der Waals surface area contributed by atoms with Gasteiger partial charge in [0.2, 0.25) is 11.8 Å². The largest absolute Gasteiger partial charge is 1.00 e. The normalized spacial score (nSPS) is 19.0. The first-order valence-corrected chi connectivity index (χ1v) is 23.2. The van der Waals surface area contributed by atoms with E-state index in [9.17, 15) is 9.59 Å². The zero-order valence-corrected chi connectivity index (χ0v) is 49.0. The Balaban J connectivity index is 0.000000226. The third kappa shape index (κ3) is 12.0. The second-order valence-electron chi connectivity index (χ2n) is 18.7. The van der Waals surface area contributed by atoms with Gasteiger partial charge in [-0.25, -0.2) is 9.97 Å². The molecule has 0 radical (unpaired) electrons. The summed E-state index contributed by atoms with van der Waals surface area (Å²) in [7, 11) is 3.28. The molecule has 2 atom stereocenters. The van der Waals surface area contributed by atoms with Crippen molar-refractivity contribution in [2.24, 2.45) is 0 Å². The Bertz CT molecular complexity index is 3050. The van der Waals surface area contributed by atoms with E-state index in [0.717, 1.165) is 78.7 Å². The fourth-order valence-electron chi connectivity index (χ4n) is 8.89. The average Bonchev–Trinajstić information content (AvgIpc) is 4.27. The molecule has 0 N–H and O–H groups in total. The average molecular weight is 1080 g/mol. The maximum Gasteiger partial charge on any atom is 1.00 e. The van der Waals surface area contributed by atoms with E-state index in [1.54, 1.807) is 28.3 Å². The van der Waals surface area contributed by atoms with E-state index in [2.05, 4.69) is 60.7 Å². The first kappa shape index (κ1) is 58.7. The topological polar surface area (TPSA) is 179 Å². The van der Waals surface area contributed by atoms with Crippen molar-refractivity contribution in [1.82, 2.24) is 38.9 Å². The second-order valence-corrected chi connectivity index (χ2v) is 19.4. The first-order valence-electron chi connectivity index (χ1n) is 22.4. The van der Waals surface area contributed by atoms with Crippen LogP contribution >= 0.6 is 15.9 Å². The van der Waals surface area contributed by atoms with Gasteiger partial charge in [0.05, 0.1) is 41.4 Å². The van der Waals surface area contributed by atoms with Crippen molar-refractivity contribution in [3.63, 3.8) is 0 Å². The van der Waals surface area contributed by atoms with Crippen LogP contribution in [0.25, 0.3) is 42.5 Å². The quantitative estimate of drug-likeness (QED) is 0.0815. The molecule has 2 amide bonds.